The van der Waals surface area contributed by atoms with Crippen molar-refractivity contribution in [3.8, 4) is 11.5 Å². The van der Waals surface area contributed by atoms with E-state index in [2.05, 4.69) is 5.10 Å². The summed E-state index contributed by atoms with van der Waals surface area (Å²) < 4.78 is 6.79. The third-order valence-corrected chi connectivity index (χ3v) is 3.78. The molecule has 0 aliphatic rings. The summed E-state index contributed by atoms with van der Waals surface area (Å²) in [7, 11) is 0. The molecule has 0 fully saturated rings. The molecule has 1 aromatic carbocycles. The van der Waals surface area contributed by atoms with Crippen LogP contribution in [0.1, 0.15) is 21.9 Å². The molecule has 0 saturated carbocycles. The summed E-state index contributed by atoms with van der Waals surface area (Å²) in [6.07, 6.45) is 3.94. The zero-order chi connectivity index (χ0) is 19.6. The van der Waals surface area contributed by atoms with Crippen molar-refractivity contribution < 1.29 is 24.3 Å². The number of phenols is 2. The zero-order valence-electron chi connectivity index (χ0n) is 13.6. The molecule has 0 spiro atoms. The van der Waals surface area contributed by atoms with Crippen LogP contribution in [0.4, 0.5) is 5.82 Å². The maximum absolute atomic E-state index is 12.1. The van der Waals surface area contributed by atoms with E-state index in [1.54, 1.807) is 12.1 Å². The van der Waals surface area contributed by atoms with Gasteiger partial charge in [-0.25, -0.2) is 0 Å². The highest BCUT2D eigenvalue weighted by atomic mass is 35.5. The van der Waals surface area contributed by atoms with Crippen molar-refractivity contribution in [2.24, 2.45) is 0 Å². The second kappa shape index (κ2) is 7.34. The highest BCUT2D eigenvalue weighted by Gasteiger charge is 2.19. The lowest BCUT2D eigenvalue weighted by Gasteiger charge is -2.00. The molecule has 2 heterocycles. The van der Waals surface area contributed by atoms with E-state index < -0.39 is 16.5 Å². The quantitative estimate of drug-likeness (QED) is 0.286. The summed E-state index contributed by atoms with van der Waals surface area (Å²) in [6.45, 7) is 0.119. The van der Waals surface area contributed by atoms with E-state index in [1.165, 1.54) is 35.2 Å². The number of carbonyl (C=O) groups is 1. The molecular weight excluding hydrogens is 378 g/mol. The molecule has 2 N–H and O–H groups in total. The molecule has 9 nitrogen and oxygen atoms in total. The van der Waals surface area contributed by atoms with Gasteiger partial charge in [-0.15, -0.1) is 0 Å². The van der Waals surface area contributed by atoms with Crippen molar-refractivity contribution in [3.63, 3.8) is 0 Å². The first-order valence-corrected chi connectivity index (χ1v) is 7.91. The van der Waals surface area contributed by atoms with Gasteiger partial charge in [0.1, 0.15) is 29.6 Å². The van der Waals surface area contributed by atoms with Crippen LogP contribution in [-0.4, -0.2) is 30.7 Å². The maximum Gasteiger partial charge on any atom is 0.408 e. The molecule has 0 saturated heterocycles. The maximum atomic E-state index is 12.1. The van der Waals surface area contributed by atoms with Crippen LogP contribution >= 0.6 is 11.6 Å². The van der Waals surface area contributed by atoms with E-state index in [4.69, 9.17) is 16.0 Å². The Morgan fingerprint density at radius 1 is 1.33 bits per heavy atom. The normalized spacial score (nSPS) is 11.1. The number of aromatic nitrogens is 2. The van der Waals surface area contributed by atoms with E-state index in [-0.39, 0.29) is 28.6 Å². The summed E-state index contributed by atoms with van der Waals surface area (Å²) in [4.78, 5) is 22.2. The van der Waals surface area contributed by atoms with Crippen molar-refractivity contribution >= 4 is 29.3 Å². The number of furan rings is 1. The van der Waals surface area contributed by atoms with Gasteiger partial charge in [0, 0.05) is 6.07 Å². The molecule has 138 valence electrons. The van der Waals surface area contributed by atoms with Crippen molar-refractivity contribution in [2.75, 3.05) is 0 Å². The fraction of sp³-hybridized carbons (Fsp3) is 0.0588. The average molecular weight is 390 g/mol. The Hall–Kier alpha value is -3.59. The monoisotopic (exact) mass is 389 g/mol. The summed E-state index contributed by atoms with van der Waals surface area (Å²) >= 11 is 5.74. The van der Waals surface area contributed by atoms with E-state index >= 15 is 0 Å². The molecule has 0 aliphatic carbocycles. The van der Waals surface area contributed by atoms with Crippen molar-refractivity contribution in [1.82, 2.24) is 9.78 Å². The van der Waals surface area contributed by atoms with Crippen LogP contribution in [0.2, 0.25) is 5.02 Å². The Balaban J connectivity index is 1.70. The smallest absolute Gasteiger partial charge is 0.408 e. The topological polar surface area (TPSA) is 132 Å². The lowest BCUT2D eigenvalue weighted by molar-refractivity contribution is -0.389. The van der Waals surface area contributed by atoms with Gasteiger partial charge in [-0.3, -0.25) is 4.79 Å². The molecule has 2 aromatic heterocycles. The van der Waals surface area contributed by atoms with Crippen LogP contribution < -0.4 is 0 Å². The SMILES string of the molecule is O=C(/C=C/c1ccc(Cn2cc(Cl)c([N+](=O)[O-])n2)o1)c1ccc(O)cc1O. The standard InChI is InChI=1S/C17H12ClN3O6/c18-14-9-20(19-17(14)21(25)26)8-12-3-2-11(27-12)4-6-15(23)13-5-1-10(22)7-16(13)24/h1-7,9,22,24H,8H2/b6-4+. The predicted octanol–water partition coefficient (Wildman–Crippen LogP) is 3.39. The van der Waals surface area contributed by atoms with Gasteiger partial charge >= 0.3 is 5.82 Å². The molecular formula is C17H12ClN3O6. The summed E-state index contributed by atoms with van der Waals surface area (Å²) in [6, 6.07) is 6.90. The number of ketones is 1. The number of allylic oxidation sites excluding steroid dienone is 1. The molecule has 3 aromatic rings. The van der Waals surface area contributed by atoms with Crippen LogP contribution in [0.15, 0.2) is 47.0 Å². The Labute approximate surface area is 156 Å². The summed E-state index contributed by atoms with van der Waals surface area (Å²) in [5.41, 5.74) is 0.0364. The number of nitro groups is 1. The minimum atomic E-state index is -0.681. The minimum Gasteiger partial charge on any atom is -0.508 e. The van der Waals surface area contributed by atoms with E-state index in [1.807, 2.05) is 0 Å². The number of phenolic OH excluding ortho intramolecular Hbond substituents is 2. The van der Waals surface area contributed by atoms with Gasteiger partial charge in [-0.1, -0.05) is 11.6 Å². The van der Waals surface area contributed by atoms with Gasteiger partial charge < -0.3 is 24.7 Å². The third kappa shape index (κ3) is 4.15. The number of nitrogens with zero attached hydrogens (tertiary/aromatic N) is 3. The van der Waals surface area contributed by atoms with Crippen LogP contribution in [0.3, 0.4) is 0 Å². The van der Waals surface area contributed by atoms with E-state index in [9.17, 15) is 25.1 Å². The second-order valence-electron chi connectivity index (χ2n) is 5.46. The Morgan fingerprint density at radius 3 is 2.78 bits per heavy atom. The lowest BCUT2D eigenvalue weighted by atomic mass is 10.1. The largest absolute Gasteiger partial charge is 0.508 e. The number of benzene rings is 1. The first-order chi connectivity index (χ1) is 12.8. The van der Waals surface area contributed by atoms with Gasteiger partial charge in [-0.2, -0.15) is 4.68 Å². The molecule has 0 amide bonds. The fourth-order valence-electron chi connectivity index (χ4n) is 2.30. The van der Waals surface area contributed by atoms with E-state index in [0.717, 1.165) is 6.07 Å². The highest BCUT2D eigenvalue weighted by Crippen LogP contribution is 2.24. The number of carbonyl (C=O) groups excluding carboxylic acids is 1. The molecule has 27 heavy (non-hydrogen) atoms. The van der Waals surface area contributed by atoms with Gasteiger partial charge in [0.05, 0.1) is 16.9 Å². The Morgan fingerprint density at radius 2 is 2.11 bits per heavy atom. The molecule has 0 radical (unpaired) electrons. The Bertz CT molecular complexity index is 1050. The third-order valence-electron chi connectivity index (χ3n) is 3.52. The first-order valence-electron chi connectivity index (χ1n) is 7.54. The molecule has 0 bridgehead atoms. The number of hydrogen-bond acceptors (Lipinski definition) is 7. The fourth-order valence-corrected chi connectivity index (χ4v) is 2.52. The van der Waals surface area contributed by atoms with Crippen LogP contribution in [0.25, 0.3) is 6.08 Å². The summed E-state index contributed by atoms with van der Waals surface area (Å²) in [5.74, 6) is -0.583. The van der Waals surface area contributed by atoms with E-state index in [0.29, 0.717) is 11.5 Å². The second-order valence-corrected chi connectivity index (χ2v) is 5.87. The highest BCUT2D eigenvalue weighted by molar-refractivity contribution is 6.32. The molecule has 10 heteroatoms. The summed E-state index contributed by atoms with van der Waals surface area (Å²) in [5, 5.41) is 33.3. The lowest BCUT2D eigenvalue weighted by Crippen LogP contribution is -2.00. The number of halogens is 1. The van der Waals surface area contributed by atoms with Crippen molar-refractivity contribution in [3.05, 3.63) is 74.8 Å². The molecule has 0 aliphatic heterocycles. The first kappa shape index (κ1) is 18.2. The van der Waals surface area contributed by atoms with Crippen molar-refractivity contribution in [2.45, 2.75) is 6.54 Å². The molecule has 3 rings (SSSR count). The molecule has 0 atom stereocenters. The number of rotatable bonds is 6. The van der Waals surface area contributed by atoms with Gasteiger partial charge in [0.2, 0.25) is 0 Å². The Kier molecular flexibility index (Phi) is 4.95. The molecule has 0 unspecified atom stereocenters. The van der Waals surface area contributed by atoms with Gasteiger partial charge in [-0.05, 0) is 41.3 Å². The van der Waals surface area contributed by atoms with Crippen LogP contribution in [0, 0.1) is 10.1 Å². The van der Waals surface area contributed by atoms with Crippen molar-refractivity contribution in [1.29, 1.82) is 0 Å². The van der Waals surface area contributed by atoms with Gasteiger partial charge in [0.25, 0.3) is 0 Å². The predicted molar refractivity (Wildman–Crippen MR) is 94.8 cm³/mol. The zero-order valence-corrected chi connectivity index (χ0v) is 14.3. The van der Waals surface area contributed by atoms with Crippen LogP contribution in [0.5, 0.6) is 11.5 Å². The number of aromatic hydroxyl groups is 2. The van der Waals surface area contributed by atoms with Gasteiger partial charge in [0.15, 0.2) is 10.8 Å². The number of hydrogen-bond donors (Lipinski definition) is 2. The van der Waals surface area contributed by atoms with Crippen LogP contribution in [-0.2, 0) is 6.54 Å². The minimum absolute atomic E-state index is 0.0364. The average Bonchev–Trinajstić information content (AvgIpc) is 3.19.